The zero-order chi connectivity index (χ0) is 22.7. The van der Waals surface area contributed by atoms with Gasteiger partial charge in [-0.05, 0) is 36.8 Å². The van der Waals surface area contributed by atoms with Gasteiger partial charge in [-0.15, -0.1) is 11.3 Å². The highest BCUT2D eigenvalue weighted by Crippen LogP contribution is 2.36. The number of thiazole rings is 1. The second-order valence-corrected chi connectivity index (χ2v) is 8.02. The van der Waals surface area contributed by atoms with Crippen molar-refractivity contribution in [3.05, 3.63) is 65.3 Å². The van der Waals surface area contributed by atoms with E-state index in [0.717, 1.165) is 22.2 Å². The van der Waals surface area contributed by atoms with Crippen molar-refractivity contribution in [3.8, 4) is 23.0 Å². The van der Waals surface area contributed by atoms with Gasteiger partial charge in [-0.2, -0.15) is 0 Å². The van der Waals surface area contributed by atoms with Crippen molar-refractivity contribution in [2.45, 2.75) is 13.3 Å². The largest absolute Gasteiger partial charge is 0.493 e. The van der Waals surface area contributed by atoms with Crippen LogP contribution in [-0.2, 0) is 11.2 Å². The van der Waals surface area contributed by atoms with Gasteiger partial charge < -0.3 is 14.2 Å². The van der Waals surface area contributed by atoms with Gasteiger partial charge in [0.15, 0.2) is 16.6 Å². The molecule has 0 atom stereocenters. The number of carbonyl (C=O) groups excluding carboxylic acids is 1. The number of hydrogen-bond acceptors (Lipinski definition) is 7. The first-order valence-corrected chi connectivity index (χ1v) is 10.8. The molecule has 0 fully saturated rings. The number of carbonyl (C=O) groups is 1. The third kappa shape index (κ3) is 4.50. The first-order valence-electron chi connectivity index (χ1n) is 9.94. The maximum Gasteiger partial charge on any atom is 0.232 e. The van der Waals surface area contributed by atoms with Crippen molar-refractivity contribution < 1.29 is 19.0 Å². The van der Waals surface area contributed by atoms with Gasteiger partial charge in [0.2, 0.25) is 5.91 Å². The van der Waals surface area contributed by atoms with E-state index in [1.807, 2.05) is 48.7 Å². The molecule has 4 rings (SSSR count). The number of ether oxygens (including phenoxy) is 3. The Bertz CT molecular complexity index is 1250. The molecule has 0 unspecified atom stereocenters. The number of anilines is 1. The SMILES string of the molecule is COc1cc2nccc(Oc3ccc(CC(=O)N(C)c4nc(C)cs4)cc3)c2cc1OC. The van der Waals surface area contributed by atoms with Crippen molar-refractivity contribution >= 4 is 33.3 Å². The molecule has 8 heteroatoms. The van der Waals surface area contributed by atoms with Crippen molar-refractivity contribution in [2.24, 2.45) is 0 Å². The zero-order valence-corrected chi connectivity index (χ0v) is 19.1. The van der Waals surface area contributed by atoms with Crippen LogP contribution in [0.2, 0.25) is 0 Å². The smallest absolute Gasteiger partial charge is 0.232 e. The van der Waals surface area contributed by atoms with Crippen molar-refractivity contribution in [2.75, 3.05) is 26.2 Å². The van der Waals surface area contributed by atoms with Crippen LogP contribution >= 0.6 is 11.3 Å². The Morgan fingerprint density at radius 2 is 1.75 bits per heavy atom. The lowest BCUT2D eigenvalue weighted by molar-refractivity contribution is -0.117. The quantitative estimate of drug-likeness (QED) is 0.395. The van der Waals surface area contributed by atoms with Crippen molar-refractivity contribution in [3.63, 3.8) is 0 Å². The second kappa shape index (κ2) is 9.23. The first-order chi connectivity index (χ1) is 15.5. The summed E-state index contributed by atoms with van der Waals surface area (Å²) in [4.78, 5) is 22.9. The second-order valence-electron chi connectivity index (χ2n) is 7.18. The summed E-state index contributed by atoms with van der Waals surface area (Å²) in [6.07, 6.45) is 1.97. The number of aryl methyl sites for hydroxylation is 1. The number of hydrogen-bond donors (Lipinski definition) is 0. The van der Waals surface area contributed by atoms with E-state index >= 15 is 0 Å². The molecule has 2 aromatic carbocycles. The van der Waals surface area contributed by atoms with E-state index < -0.39 is 0 Å². The average molecular weight is 450 g/mol. The molecule has 7 nitrogen and oxygen atoms in total. The molecule has 0 N–H and O–H groups in total. The minimum absolute atomic E-state index is 0.0193. The number of methoxy groups -OCH3 is 2. The highest BCUT2D eigenvalue weighted by molar-refractivity contribution is 7.14. The summed E-state index contributed by atoms with van der Waals surface area (Å²) in [5.41, 5.74) is 2.54. The Labute approximate surface area is 190 Å². The van der Waals surface area contributed by atoms with Crippen LogP contribution in [0, 0.1) is 6.92 Å². The number of pyridine rings is 1. The van der Waals surface area contributed by atoms with Crippen molar-refractivity contribution in [1.82, 2.24) is 9.97 Å². The first kappa shape index (κ1) is 21.6. The molecule has 0 bridgehead atoms. The van der Waals surface area contributed by atoms with Gasteiger partial charge >= 0.3 is 0 Å². The van der Waals surface area contributed by atoms with E-state index in [9.17, 15) is 4.79 Å². The zero-order valence-electron chi connectivity index (χ0n) is 18.3. The van der Waals surface area contributed by atoms with E-state index in [0.29, 0.717) is 28.1 Å². The average Bonchev–Trinajstić information content (AvgIpc) is 3.25. The molecular weight excluding hydrogens is 426 g/mol. The highest BCUT2D eigenvalue weighted by atomic mass is 32.1. The van der Waals surface area contributed by atoms with Crippen LogP contribution in [-0.4, -0.2) is 37.1 Å². The minimum atomic E-state index is -0.0193. The number of benzene rings is 2. The maximum absolute atomic E-state index is 12.6. The standard InChI is InChI=1S/C24H23N3O4S/c1-15-14-32-24(26-15)27(2)23(28)11-16-5-7-17(8-6-16)31-20-9-10-25-19-13-22(30-4)21(29-3)12-18(19)20/h5-10,12-14H,11H2,1-4H3. The maximum atomic E-state index is 12.6. The third-order valence-electron chi connectivity index (χ3n) is 4.98. The molecule has 0 aliphatic heterocycles. The molecule has 0 saturated heterocycles. The molecule has 164 valence electrons. The summed E-state index contributed by atoms with van der Waals surface area (Å²) < 4.78 is 16.9. The van der Waals surface area contributed by atoms with Crippen molar-refractivity contribution in [1.29, 1.82) is 0 Å². The predicted octanol–water partition coefficient (Wildman–Crippen LogP) is 5.01. The van der Waals surface area contributed by atoms with Gasteiger partial charge in [-0.1, -0.05) is 12.1 Å². The minimum Gasteiger partial charge on any atom is -0.493 e. The van der Waals surface area contributed by atoms with Gasteiger partial charge in [-0.25, -0.2) is 4.98 Å². The fourth-order valence-corrected chi connectivity index (χ4v) is 4.02. The molecule has 0 aliphatic carbocycles. The monoisotopic (exact) mass is 449 g/mol. The Hall–Kier alpha value is -3.65. The Kier molecular flexibility index (Phi) is 6.23. The molecule has 0 radical (unpaired) electrons. The Morgan fingerprint density at radius 3 is 2.41 bits per heavy atom. The normalized spacial score (nSPS) is 10.8. The van der Waals surface area contributed by atoms with Crippen LogP contribution in [0.15, 0.2) is 54.0 Å². The molecule has 2 heterocycles. The molecule has 0 spiro atoms. The van der Waals surface area contributed by atoms with Crippen LogP contribution in [0.1, 0.15) is 11.3 Å². The number of amides is 1. The summed E-state index contributed by atoms with van der Waals surface area (Å²) in [6.45, 7) is 1.91. The lowest BCUT2D eigenvalue weighted by Gasteiger charge is -2.14. The lowest BCUT2D eigenvalue weighted by Crippen LogP contribution is -2.27. The van der Waals surface area contributed by atoms with E-state index in [1.165, 1.54) is 11.3 Å². The van der Waals surface area contributed by atoms with Crippen LogP contribution in [0.4, 0.5) is 5.13 Å². The number of likely N-dealkylation sites (N-methyl/N-ethyl adjacent to an activating group) is 1. The number of nitrogens with zero attached hydrogens (tertiary/aromatic N) is 3. The van der Waals surface area contributed by atoms with Crippen LogP contribution in [0.5, 0.6) is 23.0 Å². The molecule has 1 amide bonds. The summed E-state index contributed by atoms with van der Waals surface area (Å²) >= 11 is 1.46. The van der Waals surface area contributed by atoms with Gasteiger partial charge in [0, 0.05) is 30.1 Å². The summed E-state index contributed by atoms with van der Waals surface area (Å²) in [6, 6.07) is 12.9. The predicted molar refractivity (Wildman–Crippen MR) is 125 cm³/mol. The fourth-order valence-electron chi connectivity index (χ4n) is 3.23. The lowest BCUT2D eigenvalue weighted by atomic mass is 10.1. The van der Waals surface area contributed by atoms with Gasteiger partial charge in [0.25, 0.3) is 0 Å². The number of rotatable bonds is 7. The molecule has 0 aliphatic rings. The molecule has 4 aromatic rings. The highest BCUT2D eigenvalue weighted by Gasteiger charge is 2.15. The summed E-state index contributed by atoms with van der Waals surface area (Å²) in [5.74, 6) is 2.50. The summed E-state index contributed by atoms with van der Waals surface area (Å²) in [5, 5.41) is 3.44. The molecule has 32 heavy (non-hydrogen) atoms. The van der Waals surface area contributed by atoms with E-state index in [-0.39, 0.29) is 12.3 Å². The van der Waals surface area contributed by atoms with Crippen LogP contribution < -0.4 is 19.1 Å². The topological polar surface area (TPSA) is 73.8 Å². The molecular formula is C24H23N3O4S. The van der Waals surface area contributed by atoms with Gasteiger partial charge in [0.1, 0.15) is 11.5 Å². The Morgan fingerprint density at radius 1 is 1.03 bits per heavy atom. The van der Waals surface area contributed by atoms with E-state index in [1.54, 1.807) is 38.4 Å². The fraction of sp³-hybridized carbons (Fsp3) is 0.208. The van der Waals surface area contributed by atoms with Crippen LogP contribution in [0.25, 0.3) is 10.9 Å². The number of aromatic nitrogens is 2. The molecule has 0 saturated carbocycles. The molecule has 2 aromatic heterocycles. The van der Waals surface area contributed by atoms with E-state index in [2.05, 4.69) is 9.97 Å². The van der Waals surface area contributed by atoms with Gasteiger partial charge in [-0.3, -0.25) is 14.7 Å². The van der Waals surface area contributed by atoms with Gasteiger partial charge in [0.05, 0.1) is 31.9 Å². The summed E-state index contributed by atoms with van der Waals surface area (Å²) in [7, 11) is 4.93. The third-order valence-corrected chi connectivity index (χ3v) is 6.02. The van der Waals surface area contributed by atoms with Crippen LogP contribution in [0.3, 0.4) is 0 Å². The Balaban J connectivity index is 1.50. The van der Waals surface area contributed by atoms with E-state index in [4.69, 9.17) is 14.2 Å². The number of fused-ring (bicyclic) bond motifs is 1.